The van der Waals surface area contributed by atoms with E-state index in [0.29, 0.717) is 12.1 Å². The Morgan fingerprint density at radius 1 is 1.03 bits per heavy atom. The number of esters is 1. The Labute approximate surface area is 217 Å². The van der Waals surface area contributed by atoms with Crippen molar-refractivity contribution in [2.24, 2.45) is 11.8 Å². The van der Waals surface area contributed by atoms with Crippen molar-refractivity contribution in [1.82, 2.24) is 9.80 Å². The van der Waals surface area contributed by atoms with Crippen molar-refractivity contribution in [2.75, 3.05) is 19.8 Å². The first-order chi connectivity index (χ1) is 17.7. The molecule has 8 heteroatoms. The minimum absolute atomic E-state index is 0.116. The minimum Gasteiger partial charge on any atom is -0.465 e. The molecule has 1 unspecified atom stereocenters. The van der Waals surface area contributed by atoms with Crippen LogP contribution in [0.2, 0.25) is 0 Å². The molecule has 1 N–H and O–H groups in total. The fourth-order valence-corrected chi connectivity index (χ4v) is 6.58. The molecule has 0 bridgehead atoms. The summed E-state index contributed by atoms with van der Waals surface area (Å²) in [6.45, 7) is 5.94. The number of carbonyl (C=O) groups excluding carboxylic acids is 3. The van der Waals surface area contributed by atoms with Gasteiger partial charge in [-0.15, -0.1) is 0 Å². The van der Waals surface area contributed by atoms with Crippen LogP contribution in [0.3, 0.4) is 0 Å². The SMILES string of the molecule is CC(C)N1CC=C[C@]23O[C@]4(C)/C=C\CCCCOC(=O)[C@@H]4[C@H]2C(=O)N([C@H](CO)c2ccccc2)C3C1=O. The zero-order valence-corrected chi connectivity index (χ0v) is 21.7. The normalized spacial score (nSPS) is 35.5. The molecule has 1 aromatic rings. The highest BCUT2D eigenvalue weighted by molar-refractivity contribution is 5.99. The van der Waals surface area contributed by atoms with E-state index in [4.69, 9.17) is 9.47 Å². The molecular formula is C29H36N2O6. The van der Waals surface area contributed by atoms with Gasteiger partial charge in [0.25, 0.3) is 0 Å². The molecule has 4 aliphatic heterocycles. The van der Waals surface area contributed by atoms with Crippen LogP contribution in [0.1, 0.15) is 51.6 Å². The maximum Gasteiger partial charge on any atom is 0.313 e. The third kappa shape index (κ3) is 4.01. The Kier molecular flexibility index (Phi) is 6.75. The number of carbonyl (C=O) groups is 3. The van der Waals surface area contributed by atoms with Crippen molar-refractivity contribution < 1.29 is 29.0 Å². The van der Waals surface area contributed by atoms with Crippen molar-refractivity contribution in [1.29, 1.82) is 0 Å². The van der Waals surface area contributed by atoms with Gasteiger partial charge < -0.3 is 24.4 Å². The van der Waals surface area contributed by atoms with E-state index in [1.54, 1.807) is 4.90 Å². The molecule has 0 saturated carbocycles. The van der Waals surface area contributed by atoms with E-state index >= 15 is 0 Å². The molecule has 8 nitrogen and oxygen atoms in total. The summed E-state index contributed by atoms with van der Waals surface area (Å²) in [6.07, 6.45) is 9.99. The van der Waals surface area contributed by atoms with Crippen molar-refractivity contribution >= 4 is 17.8 Å². The second-order valence-corrected chi connectivity index (χ2v) is 10.9. The van der Waals surface area contributed by atoms with Crippen LogP contribution in [-0.4, -0.2) is 75.7 Å². The fourth-order valence-electron chi connectivity index (χ4n) is 6.58. The Balaban J connectivity index is 1.70. The topological polar surface area (TPSA) is 96.4 Å². The molecule has 37 heavy (non-hydrogen) atoms. The number of ether oxygens (including phenoxy) is 2. The van der Waals surface area contributed by atoms with E-state index < -0.39 is 41.1 Å². The van der Waals surface area contributed by atoms with Crippen molar-refractivity contribution in [3.63, 3.8) is 0 Å². The van der Waals surface area contributed by atoms with Gasteiger partial charge in [0.05, 0.1) is 30.8 Å². The summed E-state index contributed by atoms with van der Waals surface area (Å²) < 4.78 is 12.5. The Morgan fingerprint density at radius 3 is 2.49 bits per heavy atom. The Hall–Kier alpha value is -2.97. The monoisotopic (exact) mass is 508 g/mol. The summed E-state index contributed by atoms with van der Waals surface area (Å²) in [4.78, 5) is 45.4. The first-order valence-corrected chi connectivity index (χ1v) is 13.3. The predicted molar refractivity (Wildman–Crippen MR) is 136 cm³/mol. The number of allylic oxidation sites excluding steroid dienone is 1. The molecule has 1 aromatic carbocycles. The maximum atomic E-state index is 14.4. The molecule has 4 heterocycles. The number of likely N-dealkylation sites (tertiary alicyclic amines) is 1. The number of hydrogen-bond acceptors (Lipinski definition) is 6. The van der Waals surface area contributed by atoms with E-state index in [1.165, 1.54) is 4.90 Å². The lowest BCUT2D eigenvalue weighted by atomic mass is 9.74. The summed E-state index contributed by atoms with van der Waals surface area (Å²) in [5, 5.41) is 10.5. The Bertz CT molecular complexity index is 1120. The van der Waals surface area contributed by atoms with Gasteiger partial charge in [-0.1, -0.05) is 54.6 Å². The molecule has 0 aromatic heterocycles. The van der Waals surface area contributed by atoms with Crippen LogP contribution in [0.4, 0.5) is 0 Å². The van der Waals surface area contributed by atoms with Gasteiger partial charge in [-0.2, -0.15) is 0 Å². The summed E-state index contributed by atoms with van der Waals surface area (Å²) in [5.41, 5.74) is -1.79. The Morgan fingerprint density at radius 2 is 1.78 bits per heavy atom. The van der Waals surface area contributed by atoms with Crippen LogP contribution in [0.15, 0.2) is 54.6 Å². The molecule has 2 amide bonds. The molecule has 2 fully saturated rings. The first kappa shape index (κ1) is 25.7. The number of nitrogens with zero attached hydrogens (tertiary/aromatic N) is 2. The average Bonchev–Trinajstić information content (AvgIpc) is 3.20. The highest BCUT2D eigenvalue weighted by atomic mass is 16.6. The van der Waals surface area contributed by atoms with Gasteiger partial charge in [0.2, 0.25) is 11.8 Å². The van der Waals surface area contributed by atoms with Crippen molar-refractivity contribution in [3.8, 4) is 0 Å². The zero-order chi connectivity index (χ0) is 26.4. The molecule has 0 aliphatic carbocycles. The summed E-state index contributed by atoms with van der Waals surface area (Å²) in [5.74, 6) is -3.03. The largest absolute Gasteiger partial charge is 0.465 e. The quantitative estimate of drug-likeness (QED) is 0.496. The van der Waals surface area contributed by atoms with E-state index in [0.717, 1.165) is 19.3 Å². The molecule has 6 atom stereocenters. The standard InChI is InChI=1S/C29H36N2O6/c1-19(2)30-16-11-15-29-22(23-27(35)36-17-10-5-4-9-14-28(23,3)37-29)25(33)31(24(29)26(30)34)21(18-32)20-12-7-6-8-13-20/h6-9,11-15,19,21-24,32H,4-5,10,16-18H2,1-3H3/b14-9-/t21-,22+,23+,24?,28-,29+/m1/s1. The van der Waals surface area contributed by atoms with Crippen molar-refractivity contribution in [3.05, 3.63) is 60.2 Å². The second-order valence-electron chi connectivity index (χ2n) is 10.9. The molecule has 4 aliphatic rings. The number of rotatable bonds is 4. The third-order valence-electron chi connectivity index (χ3n) is 8.29. The molecular weight excluding hydrogens is 472 g/mol. The minimum atomic E-state index is -1.38. The van der Waals surface area contributed by atoms with Gasteiger partial charge in [-0.3, -0.25) is 14.4 Å². The van der Waals surface area contributed by atoms with Gasteiger partial charge >= 0.3 is 5.97 Å². The van der Waals surface area contributed by atoms with Crippen LogP contribution >= 0.6 is 0 Å². The molecule has 198 valence electrons. The number of hydrogen-bond donors (Lipinski definition) is 1. The summed E-state index contributed by atoms with van der Waals surface area (Å²) in [6, 6.07) is 7.26. The van der Waals surface area contributed by atoms with Crippen molar-refractivity contribution in [2.45, 2.75) is 69.4 Å². The van der Waals surface area contributed by atoms with E-state index in [1.807, 2.05) is 75.4 Å². The van der Waals surface area contributed by atoms with E-state index in [-0.39, 0.29) is 31.1 Å². The third-order valence-corrected chi connectivity index (χ3v) is 8.29. The van der Waals surface area contributed by atoms with Crippen LogP contribution in [0.5, 0.6) is 0 Å². The number of amides is 2. The number of aliphatic hydroxyl groups excluding tert-OH is 1. The van der Waals surface area contributed by atoms with E-state index in [9.17, 15) is 19.5 Å². The van der Waals surface area contributed by atoms with Crippen LogP contribution in [0.25, 0.3) is 0 Å². The zero-order valence-electron chi connectivity index (χ0n) is 21.7. The van der Waals surface area contributed by atoms with Crippen LogP contribution < -0.4 is 0 Å². The van der Waals surface area contributed by atoms with Gasteiger partial charge in [-0.25, -0.2) is 0 Å². The van der Waals surface area contributed by atoms with Gasteiger partial charge in [0.1, 0.15) is 17.6 Å². The van der Waals surface area contributed by atoms with E-state index in [2.05, 4.69) is 0 Å². The number of fused-ring (bicyclic) bond motifs is 2. The maximum absolute atomic E-state index is 14.4. The lowest BCUT2D eigenvalue weighted by Gasteiger charge is -2.41. The number of benzene rings is 1. The fraction of sp³-hybridized carbons (Fsp3) is 0.552. The number of cyclic esters (lactones) is 1. The lowest BCUT2D eigenvalue weighted by Crippen LogP contribution is -2.57. The predicted octanol–water partition coefficient (Wildman–Crippen LogP) is 2.78. The molecule has 1 spiro atoms. The second kappa shape index (κ2) is 9.72. The van der Waals surface area contributed by atoms with Crippen LogP contribution in [-0.2, 0) is 23.9 Å². The van der Waals surface area contributed by atoms with Gasteiger partial charge in [-0.05, 0) is 45.6 Å². The average molecular weight is 509 g/mol. The van der Waals surface area contributed by atoms with Gasteiger partial charge in [0, 0.05) is 12.6 Å². The first-order valence-electron chi connectivity index (χ1n) is 13.3. The lowest BCUT2D eigenvalue weighted by molar-refractivity contribution is -0.162. The smallest absolute Gasteiger partial charge is 0.313 e. The molecule has 0 radical (unpaired) electrons. The van der Waals surface area contributed by atoms with Gasteiger partial charge in [0.15, 0.2) is 0 Å². The molecule has 2 saturated heterocycles. The summed E-state index contributed by atoms with van der Waals surface area (Å²) in [7, 11) is 0. The highest BCUT2D eigenvalue weighted by Crippen LogP contribution is 2.58. The number of aliphatic hydroxyl groups is 1. The summed E-state index contributed by atoms with van der Waals surface area (Å²) >= 11 is 0. The highest BCUT2D eigenvalue weighted by Gasteiger charge is 2.75. The molecule has 5 rings (SSSR count). The van der Waals surface area contributed by atoms with Crippen LogP contribution in [0, 0.1) is 11.8 Å².